The second-order valence-corrected chi connectivity index (χ2v) is 9.16. The number of nitrogens with one attached hydrogen (secondary N) is 1. The standard InChI is InChI=1S/C25H19Br2N3O4/c1-15-6-7-20(8-16(15)2)29-25(31)19(13-28)9-18-11-22(26)24(23(27)12-18)34-14-17-4-3-5-21(10-17)30(32)33/h3-12H,14H2,1-2H3,(H,29,31)/b19-9+. The molecular weight excluding hydrogens is 566 g/mol. The third-order valence-corrected chi connectivity index (χ3v) is 6.14. The van der Waals surface area contributed by atoms with Crippen LogP contribution in [0.2, 0.25) is 0 Å². The van der Waals surface area contributed by atoms with Crippen LogP contribution in [0, 0.1) is 35.3 Å². The van der Waals surface area contributed by atoms with Crippen LogP contribution in [0.5, 0.6) is 5.75 Å². The molecule has 1 amide bonds. The highest BCUT2D eigenvalue weighted by Crippen LogP contribution is 2.36. The summed E-state index contributed by atoms with van der Waals surface area (Å²) in [7, 11) is 0. The van der Waals surface area contributed by atoms with Crippen molar-refractivity contribution in [3.8, 4) is 11.8 Å². The lowest BCUT2D eigenvalue weighted by Gasteiger charge is -2.12. The molecule has 9 heteroatoms. The molecule has 0 atom stereocenters. The van der Waals surface area contributed by atoms with Crippen LogP contribution in [0.25, 0.3) is 6.08 Å². The minimum atomic E-state index is -0.510. The molecule has 0 spiro atoms. The maximum absolute atomic E-state index is 12.6. The molecule has 1 N–H and O–H groups in total. The molecule has 3 rings (SSSR count). The molecule has 0 unspecified atom stereocenters. The van der Waals surface area contributed by atoms with Gasteiger partial charge in [-0.3, -0.25) is 14.9 Å². The molecule has 0 saturated carbocycles. The van der Waals surface area contributed by atoms with Gasteiger partial charge in [-0.1, -0.05) is 18.2 Å². The van der Waals surface area contributed by atoms with Gasteiger partial charge in [0.2, 0.25) is 0 Å². The Morgan fingerprint density at radius 2 is 1.82 bits per heavy atom. The fourth-order valence-electron chi connectivity index (χ4n) is 3.05. The Balaban J connectivity index is 1.77. The summed E-state index contributed by atoms with van der Waals surface area (Å²) >= 11 is 6.90. The number of nitro groups is 1. The summed E-state index contributed by atoms with van der Waals surface area (Å²) in [5.74, 6) is -0.0225. The van der Waals surface area contributed by atoms with Crippen LogP contribution in [-0.4, -0.2) is 10.8 Å². The van der Waals surface area contributed by atoms with Gasteiger partial charge in [-0.2, -0.15) is 5.26 Å². The molecule has 0 radical (unpaired) electrons. The summed E-state index contributed by atoms with van der Waals surface area (Å²) in [5.41, 5.74) is 3.94. The molecule has 0 bridgehead atoms. The molecule has 172 valence electrons. The van der Waals surface area contributed by atoms with Crippen molar-refractivity contribution in [1.82, 2.24) is 0 Å². The summed E-state index contributed by atoms with van der Waals surface area (Å²) in [6.07, 6.45) is 1.48. The van der Waals surface area contributed by atoms with E-state index in [9.17, 15) is 20.2 Å². The number of halogens is 2. The van der Waals surface area contributed by atoms with Gasteiger partial charge in [0.1, 0.15) is 24.0 Å². The van der Waals surface area contributed by atoms with E-state index in [1.165, 1.54) is 18.2 Å². The lowest BCUT2D eigenvalue weighted by molar-refractivity contribution is -0.384. The summed E-state index contributed by atoms with van der Waals surface area (Å²) in [5, 5.41) is 23.2. The van der Waals surface area contributed by atoms with E-state index >= 15 is 0 Å². The smallest absolute Gasteiger partial charge is 0.269 e. The molecule has 0 saturated heterocycles. The molecule has 34 heavy (non-hydrogen) atoms. The second kappa shape index (κ2) is 11.1. The number of non-ortho nitro benzene ring substituents is 1. The van der Waals surface area contributed by atoms with Crippen LogP contribution in [0.4, 0.5) is 11.4 Å². The number of carbonyl (C=O) groups is 1. The van der Waals surface area contributed by atoms with Gasteiger partial charge in [0.05, 0.1) is 13.9 Å². The molecule has 0 aromatic heterocycles. The first-order valence-corrected chi connectivity index (χ1v) is 11.6. The molecule has 0 aliphatic rings. The number of nitro benzene ring substituents is 1. The first-order valence-electron chi connectivity index (χ1n) is 10.0. The third-order valence-electron chi connectivity index (χ3n) is 4.97. The Labute approximate surface area is 213 Å². The molecule has 0 heterocycles. The van der Waals surface area contributed by atoms with Gasteiger partial charge in [-0.15, -0.1) is 0 Å². The Kier molecular flexibility index (Phi) is 8.21. The predicted octanol–water partition coefficient (Wildman–Crippen LogP) is 6.86. The highest BCUT2D eigenvalue weighted by Gasteiger charge is 2.14. The van der Waals surface area contributed by atoms with Crippen molar-refractivity contribution < 1.29 is 14.5 Å². The zero-order valence-corrected chi connectivity index (χ0v) is 21.4. The summed E-state index contributed by atoms with van der Waals surface area (Å²) in [6, 6.07) is 17.1. The number of benzene rings is 3. The van der Waals surface area contributed by atoms with Gasteiger partial charge >= 0.3 is 0 Å². The molecule has 7 nitrogen and oxygen atoms in total. The normalized spacial score (nSPS) is 11.0. The fraction of sp³-hybridized carbons (Fsp3) is 0.120. The van der Waals surface area contributed by atoms with Crippen LogP contribution < -0.4 is 10.1 Å². The molecule has 0 aliphatic carbocycles. The van der Waals surface area contributed by atoms with Crippen LogP contribution in [0.1, 0.15) is 22.3 Å². The number of hydrogen-bond acceptors (Lipinski definition) is 5. The van der Waals surface area contributed by atoms with Crippen molar-refractivity contribution in [2.24, 2.45) is 0 Å². The van der Waals surface area contributed by atoms with Crippen LogP contribution in [0.15, 0.2) is 69.1 Å². The van der Waals surface area contributed by atoms with E-state index in [0.717, 1.165) is 11.1 Å². The van der Waals surface area contributed by atoms with Gasteiger partial charge < -0.3 is 10.1 Å². The lowest BCUT2D eigenvalue weighted by atomic mass is 10.1. The largest absolute Gasteiger partial charge is 0.487 e. The molecule has 0 aliphatic heterocycles. The van der Waals surface area contributed by atoms with E-state index in [1.54, 1.807) is 30.3 Å². The van der Waals surface area contributed by atoms with Gasteiger partial charge in [-0.05, 0) is 98.3 Å². The molecular formula is C25H19Br2N3O4. The number of carbonyl (C=O) groups excluding carboxylic acids is 1. The van der Waals surface area contributed by atoms with Gasteiger partial charge in [0.15, 0.2) is 0 Å². The Morgan fingerprint density at radius 3 is 2.44 bits per heavy atom. The van der Waals surface area contributed by atoms with Crippen molar-refractivity contribution in [1.29, 1.82) is 5.26 Å². The van der Waals surface area contributed by atoms with E-state index in [-0.39, 0.29) is 17.9 Å². The quantitative estimate of drug-likeness (QED) is 0.141. The fourth-order valence-corrected chi connectivity index (χ4v) is 4.50. The number of rotatable bonds is 7. The number of nitrogens with zero attached hydrogens (tertiary/aromatic N) is 2. The number of anilines is 1. The average molecular weight is 585 g/mol. The SMILES string of the molecule is Cc1ccc(NC(=O)/C(C#N)=C/c2cc(Br)c(OCc3cccc([N+](=O)[O-])c3)c(Br)c2)cc1C. The number of hydrogen-bond donors (Lipinski definition) is 1. The van der Waals surface area contributed by atoms with Gasteiger partial charge in [0.25, 0.3) is 11.6 Å². The van der Waals surface area contributed by atoms with Crippen molar-refractivity contribution >= 4 is 55.2 Å². The molecule has 3 aromatic rings. The van der Waals surface area contributed by atoms with Crippen LogP contribution >= 0.6 is 31.9 Å². The minimum Gasteiger partial charge on any atom is -0.487 e. The Bertz CT molecular complexity index is 1320. The maximum Gasteiger partial charge on any atom is 0.269 e. The predicted molar refractivity (Wildman–Crippen MR) is 137 cm³/mol. The Morgan fingerprint density at radius 1 is 1.12 bits per heavy atom. The van der Waals surface area contributed by atoms with Crippen molar-refractivity contribution in [2.45, 2.75) is 20.5 Å². The number of amides is 1. The van der Waals surface area contributed by atoms with Crippen LogP contribution in [0.3, 0.4) is 0 Å². The van der Waals surface area contributed by atoms with Crippen molar-refractivity contribution in [3.63, 3.8) is 0 Å². The van der Waals surface area contributed by atoms with Crippen molar-refractivity contribution in [2.75, 3.05) is 5.32 Å². The maximum atomic E-state index is 12.6. The zero-order chi connectivity index (χ0) is 24.8. The number of aryl methyl sites for hydroxylation is 2. The number of ether oxygens (including phenoxy) is 1. The molecule has 3 aromatic carbocycles. The molecule has 0 fully saturated rings. The van der Waals surface area contributed by atoms with E-state index in [0.29, 0.717) is 31.5 Å². The van der Waals surface area contributed by atoms with Gasteiger partial charge in [0, 0.05) is 17.8 Å². The lowest BCUT2D eigenvalue weighted by Crippen LogP contribution is -2.13. The first-order chi connectivity index (χ1) is 16.2. The average Bonchev–Trinajstić information content (AvgIpc) is 2.79. The first kappa shape index (κ1) is 25.1. The topological polar surface area (TPSA) is 105 Å². The number of nitriles is 1. The summed E-state index contributed by atoms with van der Waals surface area (Å²) < 4.78 is 7.02. The highest BCUT2D eigenvalue weighted by atomic mass is 79.9. The van der Waals surface area contributed by atoms with E-state index < -0.39 is 10.8 Å². The summed E-state index contributed by atoms with van der Waals surface area (Å²) in [6.45, 7) is 4.05. The highest BCUT2D eigenvalue weighted by molar-refractivity contribution is 9.11. The Hall–Kier alpha value is -3.48. The van der Waals surface area contributed by atoms with E-state index in [1.807, 2.05) is 32.0 Å². The van der Waals surface area contributed by atoms with E-state index in [2.05, 4.69) is 37.2 Å². The summed E-state index contributed by atoms with van der Waals surface area (Å²) in [4.78, 5) is 23.1. The van der Waals surface area contributed by atoms with E-state index in [4.69, 9.17) is 4.74 Å². The van der Waals surface area contributed by atoms with Gasteiger partial charge in [-0.25, -0.2) is 0 Å². The second-order valence-electron chi connectivity index (χ2n) is 7.45. The minimum absolute atomic E-state index is 0.0113. The third kappa shape index (κ3) is 6.31. The monoisotopic (exact) mass is 583 g/mol. The van der Waals surface area contributed by atoms with Crippen molar-refractivity contribution in [3.05, 3.63) is 101 Å². The zero-order valence-electron chi connectivity index (χ0n) is 18.3. The van der Waals surface area contributed by atoms with Crippen LogP contribution in [-0.2, 0) is 11.4 Å².